The summed E-state index contributed by atoms with van der Waals surface area (Å²) in [5.41, 5.74) is 0. The minimum Gasteiger partial charge on any atom is -0.468 e. The van der Waals surface area contributed by atoms with Gasteiger partial charge in [0.25, 0.3) is 0 Å². The zero-order valence-corrected chi connectivity index (χ0v) is 12.4. The predicted octanol–water partition coefficient (Wildman–Crippen LogP) is 1.27. The lowest BCUT2D eigenvalue weighted by atomic mass is 10.2. The van der Waals surface area contributed by atoms with Gasteiger partial charge in [-0.15, -0.1) is 0 Å². The average Bonchev–Trinajstić information content (AvgIpc) is 2.90. The number of hydrogen-bond donors (Lipinski definition) is 0. The van der Waals surface area contributed by atoms with Crippen LogP contribution >= 0.6 is 0 Å². The molecule has 19 heavy (non-hydrogen) atoms. The first-order chi connectivity index (χ1) is 9.04. The third kappa shape index (κ3) is 5.59. The Hall–Kier alpha value is -1.10. The van der Waals surface area contributed by atoms with Crippen molar-refractivity contribution in [1.29, 1.82) is 0 Å². The van der Waals surface area contributed by atoms with Crippen LogP contribution in [-0.2, 0) is 14.3 Å². The molecule has 0 bridgehead atoms. The molecule has 0 aromatic heterocycles. The highest BCUT2D eigenvalue weighted by Crippen LogP contribution is 2.23. The SMILES string of the molecule is COC(=O)CN(CCCC(=O)N(C)C)C1CCCC1. The minimum absolute atomic E-state index is 0.143. The molecule has 5 nitrogen and oxygen atoms in total. The van der Waals surface area contributed by atoms with Gasteiger partial charge in [0.15, 0.2) is 0 Å². The second-order valence-electron chi connectivity index (χ2n) is 5.38. The van der Waals surface area contributed by atoms with Gasteiger partial charge in [0.05, 0.1) is 13.7 Å². The monoisotopic (exact) mass is 270 g/mol. The molecule has 1 rings (SSSR count). The number of esters is 1. The summed E-state index contributed by atoms with van der Waals surface area (Å²) in [6.07, 6.45) is 6.11. The van der Waals surface area contributed by atoms with E-state index in [0.717, 1.165) is 25.8 Å². The van der Waals surface area contributed by atoms with Crippen molar-refractivity contribution in [3.05, 3.63) is 0 Å². The Bertz CT molecular complexity index is 299. The molecule has 0 unspecified atom stereocenters. The van der Waals surface area contributed by atoms with Gasteiger partial charge in [0.2, 0.25) is 5.91 Å². The minimum atomic E-state index is -0.189. The molecular formula is C14H26N2O3. The first kappa shape index (κ1) is 16.0. The fourth-order valence-corrected chi connectivity index (χ4v) is 2.55. The largest absolute Gasteiger partial charge is 0.468 e. The van der Waals surface area contributed by atoms with E-state index in [2.05, 4.69) is 4.90 Å². The van der Waals surface area contributed by atoms with E-state index in [9.17, 15) is 9.59 Å². The number of rotatable bonds is 7. The van der Waals surface area contributed by atoms with Crippen LogP contribution in [0.25, 0.3) is 0 Å². The average molecular weight is 270 g/mol. The molecule has 0 heterocycles. The normalized spacial score (nSPS) is 15.8. The highest BCUT2D eigenvalue weighted by Gasteiger charge is 2.24. The van der Waals surface area contributed by atoms with Crippen LogP contribution in [0.3, 0.4) is 0 Å². The molecule has 0 aromatic rings. The lowest BCUT2D eigenvalue weighted by Crippen LogP contribution is -2.39. The van der Waals surface area contributed by atoms with Crippen molar-refractivity contribution in [3.8, 4) is 0 Å². The van der Waals surface area contributed by atoms with E-state index in [4.69, 9.17) is 4.74 Å². The van der Waals surface area contributed by atoms with E-state index >= 15 is 0 Å². The first-order valence-electron chi connectivity index (χ1n) is 7.05. The van der Waals surface area contributed by atoms with Crippen LogP contribution < -0.4 is 0 Å². The summed E-state index contributed by atoms with van der Waals surface area (Å²) >= 11 is 0. The summed E-state index contributed by atoms with van der Waals surface area (Å²) in [6.45, 7) is 1.14. The molecule has 0 atom stereocenters. The van der Waals surface area contributed by atoms with Gasteiger partial charge in [-0.1, -0.05) is 12.8 Å². The highest BCUT2D eigenvalue weighted by molar-refractivity contribution is 5.75. The third-order valence-corrected chi connectivity index (χ3v) is 3.74. The molecule has 1 aliphatic carbocycles. The molecule has 0 aliphatic heterocycles. The molecule has 0 spiro atoms. The van der Waals surface area contributed by atoms with Gasteiger partial charge in [-0.2, -0.15) is 0 Å². The van der Waals surface area contributed by atoms with Crippen molar-refractivity contribution in [3.63, 3.8) is 0 Å². The molecule has 0 saturated heterocycles. The summed E-state index contributed by atoms with van der Waals surface area (Å²) < 4.78 is 4.75. The van der Waals surface area contributed by atoms with Crippen LogP contribution in [0.2, 0.25) is 0 Å². The molecule has 5 heteroatoms. The van der Waals surface area contributed by atoms with Gasteiger partial charge in [-0.3, -0.25) is 14.5 Å². The van der Waals surface area contributed by atoms with Crippen molar-refractivity contribution in [2.75, 3.05) is 34.3 Å². The van der Waals surface area contributed by atoms with Crippen LogP contribution in [-0.4, -0.2) is 62.0 Å². The summed E-state index contributed by atoms with van der Waals surface area (Å²) in [6, 6.07) is 0.480. The Balaban J connectivity index is 2.40. The Morgan fingerprint density at radius 2 is 1.84 bits per heavy atom. The van der Waals surface area contributed by atoms with Crippen molar-refractivity contribution in [1.82, 2.24) is 9.80 Å². The van der Waals surface area contributed by atoms with E-state index in [1.165, 1.54) is 20.0 Å². The van der Waals surface area contributed by atoms with Gasteiger partial charge in [-0.05, 0) is 25.8 Å². The number of methoxy groups -OCH3 is 1. The number of nitrogens with zero attached hydrogens (tertiary/aromatic N) is 2. The summed E-state index contributed by atoms with van der Waals surface area (Å²) in [7, 11) is 4.96. The topological polar surface area (TPSA) is 49.9 Å². The number of carbonyl (C=O) groups is 2. The van der Waals surface area contributed by atoms with Crippen LogP contribution in [0, 0.1) is 0 Å². The molecule has 0 N–H and O–H groups in total. The molecule has 1 amide bonds. The molecule has 1 aliphatic rings. The maximum absolute atomic E-state index is 11.5. The van der Waals surface area contributed by atoms with Crippen LogP contribution in [0.15, 0.2) is 0 Å². The number of hydrogen-bond acceptors (Lipinski definition) is 4. The van der Waals surface area contributed by atoms with E-state index < -0.39 is 0 Å². The molecule has 0 radical (unpaired) electrons. The zero-order valence-electron chi connectivity index (χ0n) is 12.4. The Kier molecular flexibility index (Phi) is 6.84. The second-order valence-corrected chi connectivity index (χ2v) is 5.38. The van der Waals surface area contributed by atoms with E-state index in [1.54, 1.807) is 19.0 Å². The maximum Gasteiger partial charge on any atom is 0.319 e. The van der Waals surface area contributed by atoms with Crippen molar-refractivity contribution in [2.45, 2.75) is 44.6 Å². The Morgan fingerprint density at radius 3 is 2.37 bits per heavy atom. The lowest BCUT2D eigenvalue weighted by molar-refractivity contribution is -0.142. The van der Waals surface area contributed by atoms with Gasteiger partial charge in [0.1, 0.15) is 0 Å². The Labute approximate surface area is 115 Å². The van der Waals surface area contributed by atoms with E-state index in [0.29, 0.717) is 19.0 Å². The predicted molar refractivity (Wildman–Crippen MR) is 73.8 cm³/mol. The van der Waals surface area contributed by atoms with E-state index in [1.807, 2.05) is 0 Å². The van der Waals surface area contributed by atoms with Crippen LogP contribution in [0.1, 0.15) is 38.5 Å². The van der Waals surface area contributed by atoms with Gasteiger partial charge < -0.3 is 9.64 Å². The quantitative estimate of drug-likeness (QED) is 0.654. The Morgan fingerprint density at radius 1 is 1.21 bits per heavy atom. The zero-order chi connectivity index (χ0) is 14.3. The van der Waals surface area contributed by atoms with Gasteiger partial charge in [0, 0.05) is 26.6 Å². The smallest absolute Gasteiger partial charge is 0.319 e. The fourth-order valence-electron chi connectivity index (χ4n) is 2.55. The summed E-state index contributed by atoms with van der Waals surface area (Å²) in [5, 5.41) is 0. The third-order valence-electron chi connectivity index (χ3n) is 3.74. The second kappa shape index (κ2) is 8.15. The molecular weight excluding hydrogens is 244 g/mol. The standard InChI is InChI=1S/C14H26N2O3/c1-15(2)13(17)9-6-10-16(11-14(18)19-3)12-7-4-5-8-12/h12H,4-11H2,1-3H3. The van der Waals surface area contributed by atoms with Crippen LogP contribution in [0.5, 0.6) is 0 Å². The van der Waals surface area contributed by atoms with Gasteiger partial charge in [-0.25, -0.2) is 0 Å². The summed E-state index contributed by atoms with van der Waals surface area (Å²) in [4.78, 5) is 26.8. The number of amides is 1. The van der Waals surface area contributed by atoms with Crippen molar-refractivity contribution in [2.24, 2.45) is 0 Å². The number of carbonyl (C=O) groups excluding carboxylic acids is 2. The molecule has 0 aromatic carbocycles. The van der Waals surface area contributed by atoms with Gasteiger partial charge >= 0.3 is 5.97 Å². The molecule has 1 saturated carbocycles. The number of ether oxygens (including phenoxy) is 1. The maximum atomic E-state index is 11.5. The lowest BCUT2D eigenvalue weighted by Gasteiger charge is -2.27. The molecule has 1 fully saturated rings. The van der Waals surface area contributed by atoms with E-state index in [-0.39, 0.29) is 11.9 Å². The summed E-state index contributed by atoms with van der Waals surface area (Å²) in [5.74, 6) is -0.0460. The molecule has 110 valence electrons. The highest BCUT2D eigenvalue weighted by atomic mass is 16.5. The van der Waals surface area contributed by atoms with Crippen molar-refractivity contribution >= 4 is 11.9 Å². The van der Waals surface area contributed by atoms with Crippen molar-refractivity contribution < 1.29 is 14.3 Å². The fraction of sp³-hybridized carbons (Fsp3) is 0.857. The first-order valence-corrected chi connectivity index (χ1v) is 7.05. The van der Waals surface area contributed by atoms with Crippen LogP contribution in [0.4, 0.5) is 0 Å².